The van der Waals surface area contributed by atoms with E-state index in [0.29, 0.717) is 25.9 Å². The molecule has 3 aromatic rings. The van der Waals surface area contributed by atoms with E-state index >= 15 is 0 Å². The van der Waals surface area contributed by atoms with Crippen LogP contribution in [-0.2, 0) is 30.7 Å². The Hall–Kier alpha value is -2.88. The number of rotatable bonds is 8. The number of furan rings is 1. The predicted molar refractivity (Wildman–Crippen MR) is 101 cm³/mol. The quantitative estimate of drug-likeness (QED) is 0.606. The number of aryl methyl sites for hydroxylation is 2. The lowest BCUT2D eigenvalue weighted by molar-refractivity contribution is -0.132. The summed E-state index contributed by atoms with van der Waals surface area (Å²) >= 11 is 0. The van der Waals surface area contributed by atoms with E-state index in [1.165, 1.54) is 5.56 Å². The summed E-state index contributed by atoms with van der Waals surface area (Å²) in [6.45, 7) is 3.29. The molecule has 0 radical (unpaired) electrons. The largest absolute Gasteiger partial charge is 0.469 e. The van der Waals surface area contributed by atoms with Crippen LogP contribution in [0, 0.1) is 0 Å². The maximum atomic E-state index is 12.8. The van der Waals surface area contributed by atoms with Crippen LogP contribution in [0.4, 0.5) is 0 Å². The third kappa shape index (κ3) is 5.06. The number of hydrogen-bond donors (Lipinski definition) is 0. The van der Waals surface area contributed by atoms with Gasteiger partial charge in [-0.2, -0.15) is 0 Å². The van der Waals surface area contributed by atoms with E-state index in [4.69, 9.17) is 4.42 Å². The highest BCUT2D eigenvalue weighted by molar-refractivity contribution is 5.76. The molecule has 0 aliphatic heterocycles. The van der Waals surface area contributed by atoms with Gasteiger partial charge < -0.3 is 9.32 Å². The summed E-state index contributed by atoms with van der Waals surface area (Å²) in [5.41, 5.74) is 3.47. The average Bonchev–Trinajstić information content (AvgIpc) is 3.20. The van der Waals surface area contributed by atoms with Crippen LogP contribution in [0.5, 0.6) is 0 Å². The normalized spacial score (nSPS) is 10.7. The van der Waals surface area contributed by atoms with E-state index in [0.717, 1.165) is 23.3 Å². The summed E-state index contributed by atoms with van der Waals surface area (Å²) in [6.07, 6.45) is 7.26. The number of carbonyl (C=O) groups is 1. The number of nitrogens with zero attached hydrogens (tertiary/aromatic N) is 2. The van der Waals surface area contributed by atoms with E-state index in [1.807, 2.05) is 35.4 Å². The first-order valence-corrected chi connectivity index (χ1v) is 9.01. The van der Waals surface area contributed by atoms with Crippen molar-refractivity contribution in [1.29, 1.82) is 0 Å². The SMILES string of the molecule is CCc1ccc(CN(Cc2cccnc2)C(=O)CCc2ccco2)cc1. The van der Waals surface area contributed by atoms with Crippen LogP contribution in [0.2, 0.25) is 0 Å². The minimum absolute atomic E-state index is 0.116. The molecule has 2 heterocycles. The summed E-state index contributed by atoms with van der Waals surface area (Å²) in [6, 6.07) is 16.1. The van der Waals surface area contributed by atoms with Crippen LogP contribution < -0.4 is 0 Å². The second-order valence-electron chi connectivity index (χ2n) is 6.36. The Balaban J connectivity index is 1.70. The highest BCUT2D eigenvalue weighted by Gasteiger charge is 2.15. The van der Waals surface area contributed by atoms with Crippen LogP contribution in [0.25, 0.3) is 0 Å². The van der Waals surface area contributed by atoms with E-state index in [9.17, 15) is 4.79 Å². The van der Waals surface area contributed by atoms with Gasteiger partial charge >= 0.3 is 0 Å². The molecule has 0 aliphatic carbocycles. The minimum Gasteiger partial charge on any atom is -0.469 e. The van der Waals surface area contributed by atoms with Gasteiger partial charge in [0.2, 0.25) is 5.91 Å². The summed E-state index contributed by atoms with van der Waals surface area (Å²) in [5.74, 6) is 0.955. The zero-order chi connectivity index (χ0) is 18.2. The van der Waals surface area contributed by atoms with Gasteiger partial charge in [0.05, 0.1) is 6.26 Å². The zero-order valence-corrected chi connectivity index (χ0v) is 15.1. The van der Waals surface area contributed by atoms with Crippen molar-refractivity contribution in [1.82, 2.24) is 9.88 Å². The molecule has 0 atom stereocenters. The molecule has 3 rings (SSSR count). The molecule has 0 unspecified atom stereocenters. The maximum absolute atomic E-state index is 12.8. The monoisotopic (exact) mass is 348 g/mol. The Morgan fingerprint density at radius 2 is 1.77 bits per heavy atom. The topological polar surface area (TPSA) is 46.3 Å². The predicted octanol–water partition coefficient (Wildman–Crippen LogP) is 4.40. The van der Waals surface area contributed by atoms with E-state index in [1.54, 1.807) is 12.5 Å². The highest BCUT2D eigenvalue weighted by Crippen LogP contribution is 2.14. The van der Waals surface area contributed by atoms with Crippen molar-refractivity contribution in [3.05, 3.63) is 89.6 Å². The summed E-state index contributed by atoms with van der Waals surface area (Å²) < 4.78 is 5.34. The van der Waals surface area contributed by atoms with Crippen LogP contribution >= 0.6 is 0 Å². The molecular formula is C22H24N2O2. The third-order valence-electron chi connectivity index (χ3n) is 4.42. The summed E-state index contributed by atoms with van der Waals surface area (Å²) in [5, 5.41) is 0. The highest BCUT2D eigenvalue weighted by atomic mass is 16.3. The van der Waals surface area contributed by atoms with Crippen molar-refractivity contribution in [2.75, 3.05) is 0 Å². The second-order valence-corrected chi connectivity index (χ2v) is 6.36. The first-order valence-electron chi connectivity index (χ1n) is 9.01. The maximum Gasteiger partial charge on any atom is 0.223 e. The molecule has 1 aromatic carbocycles. The molecule has 1 amide bonds. The fraction of sp³-hybridized carbons (Fsp3) is 0.273. The first-order chi connectivity index (χ1) is 12.7. The number of amides is 1. The minimum atomic E-state index is 0.116. The van der Waals surface area contributed by atoms with Gasteiger partial charge in [0, 0.05) is 38.3 Å². The van der Waals surface area contributed by atoms with Crippen molar-refractivity contribution in [3.8, 4) is 0 Å². The molecule has 4 heteroatoms. The Morgan fingerprint density at radius 3 is 2.42 bits per heavy atom. The lowest BCUT2D eigenvalue weighted by Crippen LogP contribution is -2.30. The van der Waals surface area contributed by atoms with Crippen LogP contribution in [0.3, 0.4) is 0 Å². The van der Waals surface area contributed by atoms with Crippen molar-refractivity contribution in [2.24, 2.45) is 0 Å². The van der Waals surface area contributed by atoms with Crippen molar-refractivity contribution in [3.63, 3.8) is 0 Å². The van der Waals surface area contributed by atoms with E-state index in [-0.39, 0.29) is 5.91 Å². The molecule has 0 fully saturated rings. The van der Waals surface area contributed by atoms with E-state index < -0.39 is 0 Å². The van der Waals surface area contributed by atoms with Crippen LogP contribution in [0.1, 0.15) is 35.8 Å². The fourth-order valence-corrected chi connectivity index (χ4v) is 2.89. The molecule has 2 aromatic heterocycles. The molecule has 0 spiro atoms. The van der Waals surface area contributed by atoms with Gasteiger partial charge in [0.1, 0.15) is 5.76 Å². The third-order valence-corrected chi connectivity index (χ3v) is 4.42. The summed E-state index contributed by atoms with van der Waals surface area (Å²) in [4.78, 5) is 18.9. The first kappa shape index (κ1) is 17.9. The lowest BCUT2D eigenvalue weighted by atomic mass is 10.1. The molecule has 0 bridgehead atoms. The van der Waals surface area contributed by atoms with Gasteiger partial charge in [-0.05, 0) is 41.3 Å². The number of benzene rings is 1. The van der Waals surface area contributed by atoms with E-state index in [2.05, 4.69) is 36.2 Å². The smallest absolute Gasteiger partial charge is 0.223 e. The van der Waals surface area contributed by atoms with Gasteiger partial charge in [-0.3, -0.25) is 9.78 Å². The number of pyridine rings is 1. The number of aromatic nitrogens is 1. The van der Waals surface area contributed by atoms with Gasteiger partial charge in [0.25, 0.3) is 0 Å². The van der Waals surface area contributed by atoms with Crippen molar-refractivity contribution in [2.45, 2.75) is 39.3 Å². The average molecular weight is 348 g/mol. The van der Waals surface area contributed by atoms with Crippen LogP contribution in [0.15, 0.2) is 71.6 Å². The van der Waals surface area contributed by atoms with Gasteiger partial charge in [-0.15, -0.1) is 0 Å². The Morgan fingerprint density at radius 1 is 1.00 bits per heavy atom. The van der Waals surface area contributed by atoms with Gasteiger partial charge in [-0.1, -0.05) is 37.3 Å². The molecule has 4 nitrogen and oxygen atoms in total. The molecule has 0 saturated carbocycles. The molecule has 26 heavy (non-hydrogen) atoms. The fourth-order valence-electron chi connectivity index (χ4n) is 2.89. The van der Waals surface area contributed by atoms with Crippen molar-refractivity contribution < 1.29 is 9.21 Å². The Labute approximate surface area is 154 Å². The van der Waals surface area contributed by atoms with Gasteiger partial charge in [0.15, 0.2) is 0 Å². The Bertz CT molecular complexity index is 796. The number of carbonyl (C=O) groups excluding carboxylic acids is 1. The standard InChI is InChI=1S/C22H24N2O2/c1-2-18-7-9-19(10-8-18)16-24(17-20-5-3-13-23-15-20)22(25)12-11-21-6-4-14-26-21/h3-10,13-15H,2,11-12,16-17H2,1H3. The van der Waals surface area contributed by atoms with Gasteiger partial charge in [-0.25, -0.2) is 0 Å². The molecule has 0 aliphatic rings. The van der Waals surface area contributed by atoms with Crippen molar-refractivity contribution >= 4 is 5.91 Å². The number of hydrogen-bond acceptors (Lipinski definition) is 3. The Kier molecular flexibility index (Phi) is 6.20. The molecule has 0 saturated heterocycles. The van der Waals surface area contributed by atoms with Crippen LogP contribution in [-0.4, -0.2) is 15.8 Å². The lowest BCUT2D eigenvalue weighted by Gasteiger charge is -2.23. The second kappa shape index (κ2) is 8.99. The zero-order valence-electron chi connectivity index (χ0n) is 15.1. The molecule has 134 valence electrons. The molecule has 0 N–H and O–H groups in total. The molecular weight excluding hydrogens is 324 g/mol. The summed E-state index contributed by atoms with van der Waals surface area (Å²) in [7, 11) is 0.